The lowest BCUT2D eigenvalue weighted by Gasteiger charge is -2.16. The number of aromatic nitrogens is 2. The Bertz CT molecular complexity index is 323. The Morgan fingerprint density at radius 3 is 2.78 bits per heavy atom. The van der Waals surface area contributed by atoms with E-state index in [0.717, 1.165) is 13.0 Å². The van der Waals surface area contributed by atoms with Gasteiger partial charge in [0.05, 0.1) is 12.0 Å². The van der Waals surface area contributed by atoms with Gasteiger partial charge in [-0.15, -0.1) is 0 Å². The quantitative estimate of drug-likeness (QED) is 0.698. The van der Waals surface area contributed by atoms with Crippen molar-refractivity contribution in [1.82, 2.24) is 9.55 Å². The van der Waals surface area contributed by atoms with Gasteiger partial charge in [-0.25, -0.2) is 4.98 Å². The van der Waals surface area contributed by atoms with Crippen molar-refractivity contribution in [3.63, 3.8) is 0 Å². The molecule has 1 aromatic heterocycles. The SMILES string of the molecule is CSCCCCCn1cncc1C(N)CC(C)C. The predicted molar refractivity (Wildman–Crippen MR) is 80.8 cm³/mol. The molecule has 0 bridgehead atoms. The van der Waals surface area contributed by atoms with Crippen LogP contribution in [0.5, 0.6) is 0 Å². The number of nitrogens with zero attached hydrogens (tertiary/aromatic N) is 2. The zero-order chi connectivity index (χ0) is 13.4. The monoisotopic (exact) mass is 269 g/mol. The average Bonchev–Trinajstić information content (AvgIpc) is 2.76. The molecule has 1 heterocycles. The zero-order valence-electron chi connectivity index (χ0n) is 11.9. The fourth-order valence-corrected chi connectivity index (χ4v) is 2.65. The minimum absolute atomic E-state index is 0.124. The summed E-state index contributed by atoms with van der Waals surface area (Å²) in [4.78, 5) is 4.24. The number of unbranched alkanes of at least 4 members (excludes halogenated alkanes) is 2. The van der Waals surface area contributed by atoms with Gasteiger partial charge in [0.1, 0.15) is 0 Å². The molecule has 2 N–H and O–H groups in total. The second-order valence-corrected chi connectivity index (χ2v) is 6.29. The van der Waals surface area contributed by atoms with E-state index in [9.17, 15) is 0 Å². The van der Waals surface area contributed by atoms with Crippen molar-refractivity contribution in [1.29, 1.82) is 0 Å². The molecule has 0 spiro atoms. The number of hydrogen-bond acceptors (Lipinski definition) is 3. The molecular weight excluding hydrogens is 242 g/mol. The summed E-state index contributed by atoms with van der Waals surface area (Å²) >= 11 is 1.93. The van der Waals surface area contributed by atoms with Crippen molar-refractivity contribution >= 4 is 11.8 Å². The van der Waals surface area contributed by atoms with E-state index < -0.39 is 0 Å². The Balaban J connectivity index is 2.39. The normalized spacial score (nSPS) is 13.2. The Labute approximate surface area is 116 Å². The maximum absolute atomic E-state index is 6.23. The first-order chi connectivity index (χ1) is 8.65. The third kappa shape index (κ3) is 5.44. The molecule has 104 valence electrons. The molecule has 0 aliphatic carbocycles. The summed E-state index contributed by atoms with van der Waals surface area (Å²) in [6.07, 6.45) is 10.9. The van der Waals surface area contributed by atoms with Gasteiger partial charge in [0, 0.05) is 18.8 Å². The lowest BCUT2D eigenvalue weighted by atomic mass is 10.0. The summed E-state index contributed by atoms with van der Waals surface area (Å²) in [6.45, 7) is 5.47. The minimum Gasteiger partial charge on any atom is -0.333 e. The largest absolute Gasteiger partial charge is 0.333 e. The first kappa shape index (κ1) is 15.6. The standard InChI is InChI=1S/C14H27N3S/c1-12(2)9-13(15)14-10-16-11-17(14)7-5-4-6-8-18-3/h10-13H,4-9,15H2,1-3H3. The molecule has 1 unspecified atom stereocenters. The molecule has 1 atom stereocenters. The van der Waals surface area contributed by atoms with E-state index >= 15 is 0 Å². The Morgan fingerprint density at radius 1 is 1.33 bits per heavy atom. The van der Waals surface area contributed by atoms with E-state index in [1.54, 1.807) is 0 Å². The molecule has 1 rings (SSSR count). The lowest BCUT2D eigenvalue weighted by Crippen LogP contribution is -2.17. The van der Waals surface area contributed by atoms with Gasteiger partial charge in [-0.05, 0) is 37.2 Å². The third-order valence-electron chi connectivity index (χ3n) is 3.10. The van der Waals surface area contributed by atoms with E-state index in [2.05, 4.69) is 29.7 Å². The molecule has 0 fully saturated rings. The molecule has 0 saturated carbocycles. The number of hydrogen-bond donors (Lipinski definition) is 1. The number of aryl methyl sites for hydroxylation is 1. The molecule has 0 amide bonds. The van der Waals surface area contributed by atoms with Gasteiger partial charge in [0.15, 0.2) is 0 Å². The summed E-state index contributed by atoms with van der Waals surface area (Å²) in [7, 11) is 0. The fourth-order valence-electron chi connectivity index (χ4n) is 2.16. The molecule has 3 nitrogen and oxygen atoms in total. The maximum Gasteiger partial charge on any atom is 0.0948 e. The number of imidazole rings is 1. The first-order valence-electron chi connectivity index (χ1n) is 6.89. The summed E-state index contributed by atoms with van der Waals surface area (Å²) in [5.74, 6) is 1.90. The van der Waals surface area contributed by atoms with Crippen LogP contribution in [0.25, 0.3) is 0 Å². The molecule has 0 aromatic carbocycles. The van der Waals surface area contributed by atoms with Gasteiger partial charge < -0.3 is 10.3 Å². The van der Waals surface area contributed by atoms with Crippen molar-refractivity contribution in [2.75, 3.05) is 12.0 Å². The average molecular weight is 269 g/mol. The van der Waals surface area contributed by atoms with Crippen LogP contribution in [0, 0.1) is 5.92 Å². The molecule has 1 aromatic rings. The van der Waals surface area contributed by atoms with Crippen LogP contribution in [0.1, 0.15) is 51.3 Å². The number of thioether (sulfide) groups is 1. The van der Waals surface area contributed by atoms with Gasteiger partial charge >= 0.3 is 0 Å². The van der Waals surface area contributed by atoms with E-state index in [1.165, 1.54) is 30.7 Å². The molecule has 0 aliphatic rings. The van der Waals surface area contributed by atoms with Crippen molar-refractivity contribution in [3.8, 4) is 0 Å². The van der Waals surface area contributed by atoms with Gasteiger partial charge in [-0.1, -0.05) is 20.3 Å². The highest BCUT2D eigenvalue weighted by Gasteiger charge is 2.12. The van der Waals surface area contributed by atoms with Gasteiger partial charge in [0.2, 0.25) is 0 Å². The first-order valence-corrected chi connectivity index (χ1v) is 8.29. The Morgan fingerprint density at radius 2 is 2.11 bits per heavy atom. The van der Waals surface area contributed by atoms with Crippen LogP contribution < -0.4 is 5.73 Å². The summed E-state index contributed by atoms with van der Waals surface area (Å²) < 4.78 is 2.23. The van der Waals surface area contributed by atoms with Gasteiger partial charge in [0.25, 0.3) is 0 Å². The highest BCUT2D eigenvalue weighted by atomic mass is 32.2. The van der Waals surface area contributed by atoms with Crippen LogP contribution in [-0.4, -0.2) is 21.6 Å². The highest BCUT2D eigenvalue weighted by molar-refractivity contribution is 7.98. The van der Waals surface area contributed by atoms with Crippen molar-refractivity contribution in [3.05, 3.63) is 18.2 Å². The fraction of sp³-hybridized carbons (Fsp3) is 0.786. The second-order valence-electron chi connectivity index (χ2n) is 5.30. The summed E-state index contributed by atoms with van der Waals surface area (Å²) in [5.41, 5.74) is 7.42. The molecule has 0 radical (unpaired) electrons. The second kappa shape index (κ2) is 8.59. The van der Waals surface area contributed by atoms with Crippen LogP contribution in [0.2, 0.25) is 0 Å². The summed E-state index contributed by atoms with van der Waals surface area (Å²) in [6, 6.07) is 0.124. The molecule has 0 aliphatic heterocycles. The van der Waals surface area contributed by atoms with Crippen molar-refractivity contribution in [2.24, 2.45) is 11.7 Å². The van der Waals surface area contributed by atoms with Gasteiger partial charge in [-0.3, -0.25) is 0 Å². The van der Waals surface area contributed by atoms with Crippen molar-refractivity contribution in [2.45, 2.75) is 52.1 Å². The van der Waals surface area contributed by atoms with E-state index in [4.69, 9.17) is 5.73 Å². The van der Waals surface area contributed by atoms with Crippen LogP contribution in [0.4, 0.5) is 0 Å². The summed E-state index contributed by atoms with van der Waals surface area (Å²) in [5, 5.41) is 0. The number of rotatable bonds is 9. The van der Waals surface area contributed by atoms with E-state index in [1.807, 2.05) is 24.3 Å². The molecule has 18 heavy (non-hydrogen) atoms. The van der Waals surface area contributed by atoms with E-state index in [0.29, 0.717) is 5.92 Å². The molecule has 0 saturated heterocycles. The van der Waals surface area contributed by atoms with Crippen LogP contribution >= 0.6 is 11.8 Å². The lowest BCUT2D eigenvalue weighted by molar-refractivity contribution is 0.477. The predicted octanol–water partition coefficient (Wildman–Crippen LogP) is 3.46. The number of nitrogens with two attached hydrogens (primary N) is 1. The van der Waals surface area contributed by atoms with Crippen LogP contribution in [0.15, 0.2) is 12.5 Å². The molecular formula is C14H27N3S. The smallest absolute Gasteiger partial charge is 0.0948 e. The topological polar surface area (TPSA) is 43.8 Å². The maximum atomic E-state index is 6.23. The Hall–Kier alpha value is -0.480. The molecule has 4 heteroatoms. The van der Waals surface area contributed by atoms with Crippen molar-refractivity contribution < 1.29 is 0 Å². The van der Waals surface area contributed by atoms with Crippen LogP contribution in [-0.2, 0) is 6.54 Å². The van der Waals surface area contributed by atoms with E-state index in [-0.39, 0.29) is 6.04 Å². The minimum atomic E-state index is 0.124. The Kier molecular flexibility index (Phi) is 7.44. The zero-order valence-corrected chi connectivity index (χ0v) is 12.7. The third-order valence-corrected chi connectivity index (χ3v) is 3.79. The van der Waals surface area contributed by atoms with Crippen LogP contribution in [0.3, 0.4) is 0 Å². The van der Waals surface area contributed by atoms with Gasteiger partial charge in [-0.2, -0.15) is 11.8 Å². The highest BCUT2D eigenvalue weighted by Crippen LogP contribution is 2.19.